The van der Waals surface area contributed by atoms with Crippen LogP contribution in [0.3, 0.4) is 0 Å². The van der Waals surface area contributed by atoms with Gasteiger partial charge < -0.3 is 5.32 Å². The molecule has 0 bridgehead atoms. The van der Waals surface area contributed by atoms with Gasteiger partial charge in [0.1, 0.15) is 11.6 Å². The number of amides is 1. The Morgan fingerprint density at radius 1 is 1.30 bits per heavy atom. The Labute approximate surface area is 121 Å². The molecular formula is C15H10ClN3O. The number of nitrogens with one attached hydrogen (secondary N) is 1. The average molecular weight is 284 g/mol. The first-order valence-corrected chi connectivity index (χ1v) is 6.16. The third-order valence-corrected chi connectivity index (χ3v) is 2.66. The number of anilines is 1. The fourth-order valence-corrected chi connectivity index (χ4v) is 1.71. The second-order valence-electron chi connectivity index (χ2n) is 3.89. The molecule has 0 aliphatic heterocycles. The largest absolute Gasteiger partial charge is 0.321 e. The van der Waals surface area contributed by atoms with Gasteiger partial charge >= 0.3 is 0 Å². The van der Waals surface area contributed by atoms with E-state index in [1.807, 2.05) is 6.07 Å². The van der Waals surface area contributed by atoms with Gasteiger partial charge in [-0.25, -0.2) is 0 Å². The second-order valence-corrected chi connectivity index (χ2v) is 4.33. The molecule has 5 heteroatoms. The first-order valence-electron chi connectivity index (χ1n) is 5.79. The third-order valence-electron chi connectivity index (χ3n) is 2.43. The van der Waals surface area contributed by atoms with Crippen LogP contribution in [0.15, 0.2) is 54.2 Å². The summed E-state index contributed by atoms with van der Waals surface area (Å²) >= 11 is 5.83. The zero-order valence-electron chi connectivity index (χ0n) is 10.4. The van der Waals surface area contributed by atoms with Gasteiger partial charge in [0.05, 0.1) is 5.69 Å². The Morgan fingerprint density at radius 3 is 2.80 bits per heavy atom. The van der Waals surface area contributed by atoms with Crippen LogP contribution < -0.4 is 5.32 Å². The minimum absolute atomic E-state index is 0.0244. The molecule has 0 saturated carbocycles. The molecule has 1 N–H and O–H groups in total. The zero-order valence-corrected chi connectivity index (χ0v) is 11.1. The van der Waals surface area contributed by atoms with Crippen molar-refractivity contribution in [2.75, 3.05) is 5.32 Å². The summed E-state index contributed by atoms with van der Waals surface area (Å²) in [5.74, 6) is -0.500. The molecule has 1 aromatic carbocycles. The van der Waals surface area contributed by atoms with Crippen LogP contribution in [0.4, 0.5) is 5.69 Å². The molecular weight excluding hydrogens is 274 g/mol. The number of aromatic nitrogens is 1. The standard InChI is InChI=1S/C15H10ClN3O/c16-12-4-3-6-14(9-12)19-15(20)11(10-17)8-13-5-1-2-7-18-13/h1-9H,(H,19,20)/b11-8+. The predicted molar refractivity (Wildman–Crippen MR) is 77.9 cm³/mol. The van der Waals surface area contributed by atoms with E-state index in [4.69, 9.17) is 16.9 Å². The number of carbonyl (C=O) groups is 1. The summed E-state index contributed by atoms with van der Waals surface area (Å²) in [4.78, 5) is 16.0. The fourth-order valence-electron chi connectivity index (χ4n) is 1.52. The molecule has 2 aromatic rings. The van der Waals surface area contributed by atoms with Gasteiger partial charge in [-0.15, -0.1) is 0 Å². The number of halogens is 1. The normalized spacial score (nSPS) is 10.7. The van der Waals surface area contributed by atoms with Crippen LogP contribution in [0.5, 0.6) is 0 Å². The molecule has 1 aromatic heterocycles. The van der Waals surface area contributed by atoms with Crippen LogP contribution in [-0.4, -0.2) is 10.9 Å². The molecule has 20 heavy (non-hydrogen) atoms. The highest BCUT2D eigenvalue weighted by molar-refractivity contribution is 6.31. The maximum absolute atomic E-state index is 12.0. The molecule has 0 fully saturated rings. The van der Waals surface area contributed by atoms with Crippen molar-refractivity contribution in [3.8, 4) is 6.07 Å². The predicted octanol–water partition coefficient (Wildman–Crippen LogP) is 3.28. The second kappa shape index (κ2) is 6.50. The van der Waals surface area contributed by atoms with Crippen LogP contribution in [0, 0.1) is 11.3 Å². The molecule has 1 amide bonds. The molecule has 0 radical (unpaired) electrons. The lowest BCUT2D eigenvalue weighted by atomic mass is 10.2. The lowest BCUT2D eigenvalue weighted by molar-refractivity contribution is -0.112. The number of hydrogen-bond acceptors (Lipinski definition) is 3. The van der Waals surface area contributed by atoms with Gasteiger partial charge in [-0.05, 0) is 36.4 Å². The molecule has 0 aliphatic rings. The van der Waals surface area contributed by atoms with Gasteiger partial charge in [0.25, 0.3) is 5.91 Å². The van der Waals surface area contributed by atoms with Crippen molar-refractivity contribution < 1.29 is 4.79 Å². The molecule has 0 unspecified atom stereocenters. The molecule has 0 spiro atoms. The molecule has 1 heterocycles. The van der Waals surface area contributed by atoms with Crippen molar-refractivity contribution in [1.82, 2.24) is 4.98 Å². The van der Waals surface area contributed by atoms with E-state index >= 15 is 0 Å². The number of nitriles is 1. The highest BCUT2D eigenvalue weighted by Gasteiger charge is 2.09. The Kier molecular flexibility index (Phi) is 4.48. The number of carbonyl (C=O) groups excluding carboxylic acids is 1. The fraction of sp³-hybridized carbons (Fsp3) is 0. The molecule has 0 aliphatic carbocycles. The van der Waals surface area contributed by atoms with Crippen LogP contribution in [-0.2, 0) is 4.79 Å². The van der Waals surface area contributed by atoms with Crippen LogP contribution in [0.25, 0.3) is 6.08 Å². The summed E-state index contributed by atoms with van der Waals surface area (Å²) in [6.45, 7) is 0. The van der Waals surface area contributed by atoms with Gasteiger partial charge in [0.2, 0.25) is 0 Å². The van der Waals surface area contributed by atoms with E-state index in [9.17, 15) is 4.79 Å². The first kappa shape index (κ1) is 13.8. The van der Waals surface area contributed by atoms with E-state index in [2.05, 4.69) is 10.3 Å². The maximum atomic E-state index is 12.0. The summed E-state index contributed by atoms with van der Waals surface area (Å²) in [5.41, 5.74) is 1.05. The Morgan fingerprint density at radius 2 is 2.15 bits per heavy atom. The lowest BCUT2D eigenvalue weighted by Gasteiger charge is -2.04. The van der Waals surface area contributed by atoms with Crippen LogP contribution >= 0.6 is 11.6 Å². The van der Waals surface area contributed by atoms with E-state index in [0.29, 0.717) is 16.4 Å². The van der Waals surface area contributed by atoms with Crippen molar-refractivity contribution in [2.45, 2.75) is 0 Å². The number of pyridine rings is 1. The van der Waals surface area contributed by atoms with E-state index in [1.165, 1.54) is 6.08 Å². The van der Waals surface area contributed by atoms with Crippen molar-refractivity contribution in [1.29, 1.82) is 5.26 Å². The minimum atomic E-state index is -0.500. The third kappa shape index (κ3) is 3.67. The summed E-state index contributed by atoms with van der Waals surface area (Å²) in [7, 11) is 0. The van der Waals surface area contributed by atoms with Crippen LogP contribution in [0.2, 0.25) is 5.02 Å². The zero-order chi connectivity index (χ0) is 14.4. The highest BCUT2D eigenvalue weighted by atomic mass is 35.5. The number of benzene rings is 1. The van der Waals surface area contributed by atoms with Gasteiger partial charge in [-0.1, -0.05) is 23.7 Å². The molecule has 0 saturated heterocycles. The van der Waals surface area contributed by atoms with Gasteiger partial charge in [-0.2, -0.15) is 5.26 Å². The van der Waals surface area contributed by atoms with Gasteiger partial charge in [-0.3, -0.25) is 9.78 Å². The molecule has 4 nitrogen and oxygen atoms in total. The quantitative estimate of drug-likeness (QED) is 0.694. The molecule has 0 atom stereocenters. The maximum Gasteiger partial charge on any atom is 0.266 e. The van der Waals surface area contributed by atoms with Crippen molar-refractivity contribution in [3.05, 3.63) is 65.0 Å². The Balaban J connectivity index is 2.19. The van der Waals surface area contributed by atoms with Gasteiger partial charge in [0, 0.05) is 16.9 Å². The number of nitrogens with zero attached hydrogens (tertiary/aromatic N) is 2. The van der Waals surface area contributed by atoms with E-state index in [-0.39, 0.29) is 5.57 Å². The summed E-state index contributed by atoms with van der Waals surface area (Å²) in [6, 6.07) is 13.8. The summed E-state index contributed by atoms with van der Waals surface area (Å²) < 4.78 is 0. The lowest BCUT2D eigenvalue weighted by Crippen LogP contribution is -2.13. The van der Waals surface area contributed by atoms with Crippen molar-refractivity contribution in [2.24, 2.45) is 0 Å². The highest BCUT2D eigenvalue weighted by Crippen LogP contribution is 2.16. The smallest absolute Gasteiger partial charge is 0.266 e. The summed E-state index contributed by atoms with van der Waals surface area (Å²) in [6.07, 6.45) is 3.02. The Hall–Kier alpha value is -2.64. The topological polar surface area (TPSA) is 65.8 Å². The monoisotopic (exact) mass is 283 g/mol. The van der Waals surface area contributed by atoms with Gasteiger partial charge in [0.15, 0.2) is 0 Å². The van der Waals surface area contributed by atoms with Crippen molar-refractivity contribution >= 4 is 29.3 Å². The SMILES string of the molecule is N#C/C(=C\c1ccccn1)C(=O)Nc1cccc(Cl)c1. The molecule has 98 valence electrons. The Bertz CT molecular complexity index is 690. The summed E-state index contributed by atoms with van der Waals surface area (Å²) in [5, 5.41) is 12.2. The van der Waals surface area contributed by atoms with E-state index < -0.39 is 5.91 Å². The minimum Gasteiger partial charge on any atom is -0.321 e. The molecule has 2 rings (SSSR count). The first-order chi connectivity index (χ1) is 9.69. The van der Waals surface area contributed by atoms with Crippen molar-refractivity contribution in [3.63, 3.8) is 0 Å². The number of hydrogen-bond donors (Lipinski definition) is 1. The number of rotatable bonds is 3. The average Bonchev–Trinajstić information content (AvgIpc) is 2.45. The van der Waals surface area contributed by atoms with E-state index in [0.717, 1.165) is 0 Å². The van der Waals surface area contributed by atoms with E-state index in [1.54, 1.807) is 48.7 Å². The van der Waals surface area contributed by atoms with Crippen LogP contribution in [0.1, 0.15) is 5.69 Å².